The number of carbonyl (C=O) groups excluding carboxylic acids is 1. The molecule has 0 spiro atoms. The summed E-state index contributed by atoms with van der Waals surface area (Å²) in [5.74, 6) is -1.22. The van der Waals surface area contributed by atoms with E-state index in [0.29, 0.717) is 5.56 Å². The molecule has 0 aliphatic heterocycles. The van der Waals surface area contributed by atoms with Crippen LogP contribution >= 0.6 is 0 Å². The van der Waals surface area contributed by atoms with Gasteiger partial charge < -0.3 is 20.1 Å². The summed E-state index contributed by atoms with van der Waals surface area (Å²) in [6.07, 6.45) is 0. The fourth-order valence-electron chi connectivity index (χ4n) is 2.05. The molecule has 1 aromatic carbocycles. The van der Waals surface area contributed by atoms with Gasteiger partial charge in [-0.3, -0.25) is 4.79 Å². The molecular weight excluding hydrogens is 260 g/mol. The molecule has 0 fully saturated rings. The van der Waals surface area contributed by atoms with Crippen molar-refractivity contribution in [2.24, 2.45) is 0 Å². The van der Waals surface area contributed by atoms with Crippen molar-refractivity contribution in [1.29, 1.82) is 0 Å². The molecule has 0 unspecified atom stereocenters. The smallest absolute Gasteiger partial charge is 0.329 e. The molecule has 6 heteroatoms. The van der Waals surface area contributed by atoms with Crippen LogP contribution in [0.25, 0.3) is 10.9 Å². The summed E-state index contributed by atoms with van der Waals surface area (Å²) in [4.78, 5) is 25.5. The lowest BCUT2D eigenvalue weighted by atomic mass is 10.1. The second-order valence-corrected chi connectivity index (χ2v) is 4.37. The number of amides is 1. The van der Waals surface area contributed by atoms with Crippen LogP contribution in [0.2, 0.25) is 0 Å². The topological polar surface area (TPSA) is 91.4 Å². The van der Waals surface area contributed by atoms with E-state index in [2.05, 4.69) is 10.3 Å². The third-order valence-electron chi connectivity index (χ3n) is 2.88. The number of rotatable bonds is 6. The van der Waals surface area contributed by atoms with Gasteiger partial charge in [0.15, 0.2) is 0 Å². The van der Waals surface area contributed by atoms with Crippen LogP contribution in [0.4, 0.5) is 0 Å². The third kappa shape index (κ3) is 3.16. The summed E-state index contributed by atoms with van der Waals surface area (Å²) in [6, 6.07) is 7.58. The van der Waals surface area contributed by atoms with E-state index < -0.39 is 5.97 Å². The molecule has 0 bridgehead atoms. The molecular formula is C14H16N2O4. The minimum atomic E-state index is -1.02. The normalized spacial score (nSPS) is 10.7. The van der Waals surface area contributed by atoms with E-state index in [4.69, 9.17) is 9.84 Å². The molecule has 0 atom stereocenters. The van der Waals surface area contributed by atoms with Gasteiger partial charge in [0.2, 0.25) is 0 Å². The first-order chi connectivity index (χ1) is 9.59. The third-order valence-corrected chi connectivity index (χ3v) is 2.88. The van der Waals surface area contributed by atoms with Crippen LogP contribution in [0.5, 0.6) is 0 Å². The fourth-order valence-corrected chi connectivity index (χ4v) is 2.05. The van der Waals surface area contributed by atoms with Gasteiger partial charge in [0.25, 0.3) is 5.91 Å². The summed E-state index contributed by atoms with van der Waals surface area (Å²) in [7, 11) is 0. The Labute approximate surface area is 115 Å². The first kappa shape index (κ1) is 14.1. The number of carboxylic acids is 1. The number of hydrogen-bond donors (Lipinski definition) is 3. The zero-order valence-electron chi connectivity index (χ0n) is 11.1. The molecule has 0 saturated carbocycles. The molecule has 0 saturated heterocycles. The quantitative estimate of drug-likeness (QED) is 0.694. The number of fused-ring (bicyclic) bond motifs is 1. The van der Waals surface area contributed by atoms with E-state index in [0.717, 1.165) is 16.6 Å². The van der Waals surface area contributed by atoms with Crippen molar-refractivity contribution < 1.29 is 19.4 Å². The van der Waals surface area contributed by atoms with E-state index in [-0.39, 0.29) is 25.7 Å². The number of aryl methyl sites for hydroxylation is 1. The van der Waals surface area contributed by atoms with Crippen LogP contribution in [0.3, 0.4) is 0 Å². The van der Waals surface area contributed by atoms with E-state index >= 15 is 0 Å². The predicted molar refractivity (Wildman–Crippen MR) is 73.8 cm³/mol. The Morgan fingerprint density at radius 1 is 1.35 bits per heavy atom. The van der Waals surface area contributed by atoms with Crippen LogP contribution < -0.4 is 5.32 Å². The summed E-state index contributed by atoms with van der Waals surface area (Å²) in [5.41, 5.74) is 2.33. The van der Waals surface area contributed by atoms with Gasteiger partial charge in [-0.25, -0.2) is 4.79 Å². The number of nitrogens with one attached hydrogen (secondary N) is 2. The molecule has 2 rings (SSSR count). The molecule has 0 aliphatic rings. The monoisotopic (exact) mass is 276 g/mol. The molecule has 0 radical (unpaired) electrons. The largest absolute Gasteiger partial charge is 0.480 e. The SMILES string of the molecule is Cc1[nH]c2ccccc2c1C(=O)NCCOCC(=O)O. The standard InChI is InChI=1S/C14H16N2O4/c1-9-13(10-4-2-3-5-11(10)16-9)14(19)15-6-7-20-8-12(17)18/h2-5,16H,6-8H2,1H3,(H,15,19)(H,17,18). The molecule has 20 heavy (non-hydrogen) atoms. The van der Waals surface area contributed by atoms with Crippen LogP contribution in [0.15, 0.2) is 24.3 Å². The molecule has 6 nitrogen and oxygen atoms in total. The van der Waals surface area contributed by atoms with Gasteiger partial charge in [0.05, 0.1) is 12.2 Å². The Morgan fingerprint density at radius 3 is 2.85 bits per heavy atom. The van der Waals surface area contributed by atoms with Crippen molar-refractivity contribution in [2.75, 3.05) is 19.8 Å². The van der Waals surface area contributed by atoms with Gasteiger partial charge in [-0.05, 0) is 13.0 Å². The van der Waals surface area contributed by atoms with Crippen LogP contribution in [0, 0.1) is 6.92 Å². The summed E-state index contributed by atoms with van der Waals surface area (Å²) < 4.78 is 4.86. The number of carboxylic acid groups (broad SMARTS) is 1. The lowest BCUT2D eigenvalue weighted by Crippen LogP contribution is -2.28. The number of benzene rings is 1. The Kier molecular flexibility index (Phi) is 4.37. The maximum Gasteiger partial charge on any atom is 0.329 e. The van der Waals surface area contributed by atoms with Crippen molar-refractivity contribution >= 4 is 22.8 Å². The Hall–Kier alpha value is -2.34. The number of para-hydroxylation sites is 1. The van der Waals surface area contributed by atoms with Crippen molar-refractivity contribution in [3.63, 3.8) is 0 Å². The Balaban J connectivity index is 1.97. The zero-order chi connectivity index (χ0) is 14.5. The highest BCUT2D eigenvalue weighted by molar-refractivity contribution is 6.08. The number of aliphatic carboxylic acids is 1. The van der Waals surface area contributed by atoms with Crippen molar-refractivity contribution in [1.82, 2.24) is 10.3 Å². The molecule has 1 amide bonds. The second kappa shape index (κ2) is 6.21. The molecule has 2 aromatic rings. The molecule has 1 aromatic heterocycles. The highest BCUT2D eigenvalue weighted by Crippen LogP contribution is 2.21. The molecule has 106 valence electrons. The maximum absolute atomic E-state index is 12.1. The van der Waals surface area contributed by atoms with Gasteiger partial charge in [0, 0.05) is 23.1 Å². The molecule has 3 N–H and O–H groups in total. The predicted octanol–water partition coefficient (Wildman–Crippen LogP) is 1.31. The Bertz CT molecular complexity index is 633. The fraction of sp³-hybridized carbons (Fsp3) is 0.286. The van der Waals surface area contributed by atoms with Crippen LogP contribution in [-0.2, 0) is 9.53 Å². The number of aromatic nitrogens is 1. The van der Waals surface area contributed by atoms with E-state index in [1.165, 1.54) is 0 Å². The summed E-state index contributed by atoms with van der Waals surface area (Å²) >= 11 is 0. The number of hydrogen-bond acceptors (Lipinski definition) is 3. The average molecular weight is 276 g/mol. The minimum Gasteiger partial charge on any atom is -0.480 e. The van der Waals surface area contributed by atoms with Crippen molar-refractivity contribution in [3.8, 4) is 0 Å². The summed E-state index contributed by atoms with van der Waals surface area (Å²) in [6.45, 7) is 1.92. The summed E-state index contributed by atoms with van der Waals surface area (Å²) in [5, 5.41) is 12.0. The minimum absolute atomic E-state index is 0.166. The number of ether oxygens (including phenoxy) is 1. The van der Waals surface area contributed by atoms with E-state index in [1.54, 1.807) is 0 Å². The van der Waals surface area contributed by atoms with Gasteiger partial charge in [0.1, 0.15) is 6.61 Å². The lowest BCUT2D eigenvalue weighted by molar-refractivity contribution is -0.142. The second-order valence-electron chi connectivity index (χ2n) is 4.37. The van der Waals surface area contributed by atoms with Gasteiger partial charge in [-0.1, -0.05) is 18.2 Å². The number of H-pyrrole nitrogens is 1. The van der Waals surface area contributed by atoms with Crippen LogP contribution in [0.1, 0.15) is 16.1 Å². The van der Waals surface area contributed by atoms with Crippen molar-refractivity contribution in [2.45, 2.75) is 6.92 Å². The van der Waals surface area contributed by atoms with Gasteiger partial charge in [-0.15, -0.1) is 0 Å². The Morgan fingerprint density at radius 2 is 2.10 bits per heavy atom. The highest BCUT2D eigenvalue weighted by atomic mass is 16.5. The molecule has 0 aliphatic carbocycles. The van der Waals surface area contributed by atoms with E-state index in [9.17, 15) is 9.59 Å². The van der Waals surface area contributed by atoms with Gasteiger partial charge in [-0.2, -0.15) is 0 Å². The highest BCUT2D eigenvalue weighted by Gasteiger charge is 2.14. The van der Waals surface area contributed by atoms with Crippen LogP contribution in [-0.4, -0.2) is 41.7 Å². The lowest BCUT2D eigenvalue weighted by Gasteiger charge is -2.05. The van der Waals surface area contributed by atoms with Gasteiger partial charge >= 0.3 is 5.97 Å². The maximum atomic E-state index is 12.1. The number of carbonyl (C=O) groups is 2. The number of aromatic amines is 1. The van der Waals surface area contributed by atoms with Crippen molar-refractivity contribution in [3.05, 3.63) is 35.5 Å². The zero-order valence-corrected chi connectivity index (χ0v) is 11.1. The van der Waals surface area contributed by atoms with E-state index in [1.807, 2.05) is 31.2 Å². The molecule has 1 heterocycles. The average Bonchev–Trinajstić information content (AvgIpc) is 2.73. The first-order valence-corrected chi connectivity index (χ1v) is 6.24. The first-order valence-electron chi connectivity index (χ1n) is 6.24.